The number of aryl methyl sites for hydroxylation is 1. The van der Waals surface area contributed by atoms with Crippen molar-refractivity contribution < 1.29 is 24.3 Å². The predicted octanol–water partition coefficient (Wildman–Crippen LogP) is 4.15. The summed E-state index contributed by atoms with van der Waals surface area (Å²) < 4.78 is 0. The first-order valence-corrected chi connectivity index (χ1v) is 13.5. The fourth-order valence-corrected chi connectivity index (χ4v) is 7.94. The fourth-order valence-electron chi connectivity index (χ4n) is 6.92. The molecule has 2 aliphatic carbocycles. The van der Waals surface area contributed by atoms with E-state index in [9.17, 15) is 24.3 Å². The summed E-state index contributed by atoms with van der Waals surface area (Å²) in [7, 11) is 1.36. The van der Waals surface area contributed by atoms with Gasteiger partial charge in [0.05, 0.1) is 17.5 Å². The van der Waals surface area contributed by atoms with Crippen molar-refractivity contribution in [2.45, 2.75) is 41.9 Å². The molecule has 4 aliphatic rings. The van der Waals surface area contributed by atoms with Gasteiger partial charge in [-0.15, -0.1) is 23.2 Å². The van der Waals surface area contributed by atoms with Crippen molar-refractivity contribution in [2.24, 2.45) is 17.8 Å². The van der Waals surface area contributed by atoms with E-state index in [1.165, 1.54) is 24.1 Å². The number of phenols is 1. The van der Waals surface area contributed by atoms with Gasteiger partial charge in [-0.05, 0) is 60.6 Å². The van der Waals surface area contributed by atoms with Crippen LogP contribution >= 0.6 is 23.2 Å². The van der Waals surface area contributed by atoms with Crippen LogP contribution in [-0.4, -0.2) is 50.4 Å². The van der Waals surface area contributed by atoms with Gasteiger partial charge >= 0.3 is 0 Å². The minimum Gasteiger partial charge on any atom is -0.508 e. The van der Waals surface area contributed by atoms with E-state index >= 15 is 0 Å². The van der Waals surface area contributed by atoms with Crippen LogP contribution in [0.15, 0.2) is 60.2 Å². The highest BCUT2D eigenvalue weighted by Gasteiger charge is 2.75. The zero-order valence-corrected chi connectivity index (χ0v) is 22.4. The molecule has 9 heteroatoms. The Kier molecular flexibility index (Phi) is 5.57. The Labute approximate surface area is 230 Å². The van der Waals surface area contributed by atoms with Gasteiger partial charge in [0, 0.05) is 13.0 Å². The molecule has 38 heavy (non-hydrogen) atoms. The molecule has 6 rings (SSSR count). The van der Waals surface area contributed by atoms with E-state index in [1.54, 1.807) is 24.3 Å². The number of aromatic hydroxyl groups is 1. The zero-order chi connectivity index (χ0) is 27.1. The molecule has 0 aromatic heterocycles. The third kappa shape index (κ3) is 3.09. The molecule has 1 N–H and O–H groups in total. The molecule has 6 atom stereocenters. The van der Waals surface area contributed by atoms with Gasteiger partial charge in [-0.3, -0.25) is 29.0 Å². The lowest BCUT2D eigenvalue weighted by Gasteiger charge is -2.50. The number of phenolic OH excluding ortho intramolecular Hbond substituents is 1. The van der Waals surface area contributed by atoms with Crippen LogP contribution in [0.1, 0.15) is 36.8 Å². The SMILES string of the molecule is CCc1ccc(N2C(=O)[C@H]3[C@H](CC=C4[C@H]3C[C@@]3(Cl)C(=O)N(C)C(=O)[C@@]3(Cl)[C@H]4c3ccc(O)cc3)C2=O)cc1. The number of carbonyl (C=O) groups excluding carboxylic acids is 4. The van der Waals surface area contributed by atoms with E-state index in [-0.39, 0.29) is 24.0 Å². The van der Waals surface area contributed by atoms with Gasteiger partial charge in [-0.1, -0.05) is 42.8 Å². The topological polar surface area (TPSA) is 95.0 Å². The number of halogens is 2. The van der Waals surface area contributed by atoms with Crippen molar-refractivity contribution in [3.8, 4) is 5.75 Å². The van der Waals surface area contributed by atoms with E-state index in [4.69, 9.17) is 23.2 Å². The zero-order valence-electron chi connectivity index (χ0n) is 20.9. The maximum atomic E-state index is 13.9. The Morgan fingerprint density at radius 2 is 1.58 bits per heavy atom. The van der Waals surface area contributed by atoms with Crippen molar-refractivity contribution in [2.75, 3.05) is 11.9 Å². The van der Waals surface area contributed by atoms with Crippen LogP contribution in [0.4, 0.5) is 5.69 Å². The van der Waals surface area contributed by atoms with E-state index < -0.39 is 45.2 Å². The molecular formula is C29H26Cl2N2O5. The summed E-state index contributed by atoms with van der Waals surface area (Å²) in [5, 5.41) is 9.89. The Balaban J connectivity index is 1.48. The number of imide groups is 2. The van der Waals surface area contributed by atoms with Crippen molar-refractivity contribution in [1.82, 2.24) is 4.90 Å². The van der Waals surface area contributed by atoms with Crippen LogP contribution in [0.2, 0.25) is 0 Å². The van der Waals surface area contributed by atoms with Gasteiger partial charge in [0.25, 0.3) is 11.8 Å². The van der Waals surface area contributed by atoms with Gasteiger partial charge in [-0.25, -0.2) is 0 Å². The molecule has 0 bridgehead atoms. The summed E-state index contributed by atoms with van der Waals surface area (Å²) >= 11 is 14.2. The molecule has 2 aromatic rings. The molecule has 7 nitrogen and oxygen atoms in total. The van der Waals surface area contributed by atoms with Gasteiger partial charge in [0.2, 0.25) is 11.8 Å². The van der Waals surface area contributed by atoms with Gasteiger partial charge < -0.3 is 5.11 Å². The standard InChI is InChI=1S/C29H26Cl2N2O5/c1-3-15-4-8-17(9-5-15)33-24(35)20-13-12-19-21(22(20)25(33)36)14-28(30)26(37)32(2)27(38)29(28,31)23(19)16-6-10-18(34)11-7-16/h4-12,20-23,34H,3,13-14H2,1-2H3/t20-,21+,22-,23-,28+,29-/m0/s1. The van der Waals surface area contributed by atoms with Gasteiger partial charge in [0.1, 0.15) is 5.75 Å². The van der Waals surface area contributed by atoms with Crippen LogP contribution < -0.4 is 4.90 Å². The molecule has 0 spiro atoms. The largest absolute Gasteiger partial charge is 0.508 e. The first-order valence-electron chi connectivity index (χ1n) is 12.7. The van der Waals surface area contributed by atoms with Crippen molar-refractivity contribution >= 4 is 52.5 Å². The first-order chi connectivity index (χ1) is 18.0. The number of nitrogens with zero attached hydrogens (tertiary/aromatic N) is 2. The first kappa shape index (κ1) is 25.1. The maximum absolute atomic E-state index is 13.9. The van der Waals surface area contributed by atoms with Crippen molar-refractivity contribution in [3.05, 3.63) is 71.3 Å². The number of likely N-dealkylation sites (tertiary alicyclic amines) is 1. The third-order valence-electron chi connectivity index (χ3n) is 8.84. The third-order valence-corrected chi connectivity index (χ3v) is 10.3. The molecule has 2 saturated heterocycles. The second kappa shape index (κ2) is 8.42. The van der Waals surface area contributed by atoms with E-state index in [1.807, 2.05) is 25.1 Å². The number of hydrogen-bond acceptors (Lipinski definition) is 5. The molecule has 1 saturated carbocycles. The number of hydrogen-bond donors (Lipinski definition) is 1. The predicted molar refractivity (Wildman–Crippen MR) is 142 cm³/mol. The lowest BCUT2D eigenvalue weighted by Crippen LogP contribution is -2.60. The molecule has 2 aliphatic heterocycles. The number of rotatable bonds is 3. The van der Waals surface area contributed by atoms with Crippen LogP contribution in [0, 0.1) is 17.8 Å². The number of alkyl halides is 2. The summed E-state index contributed by atoms with van der Waals surface area (Å²) in [6.07, 6.45) is 2.99. The summed E-state index contributed by atoms with van der Waals surface area (Å²) in [6, 6.07) is 13.6. The van der Waals surface area contributed by atoms with E-state index in [0.29, 0.717) is 17.7 Å². The second-order valence-corrected chi connectivity index (χ2v) is 11.9. The monoisotopic (exact) mass is 552 g/mol. The quantitative estimate of drug-likeness (QED) is 0.350. The van der Waals surface area contributed by atoms with E-state index in [0.717, 1.165) is 22.5 Å². The minimum absolute atomic E-state index is 0.0341. The lowest BCUT2D eigenvalue weighted by molar-refractivity contribution is -0.138. The van der Waals surface area contributed by atoms with Crippen LogP contribution in [0.25, 0.3) is 0 Å². The Hall–Kier alpha value is -3.16. The average molecular weight is 553 g/mol. The summed E-state index contributed by atoms with van der Waals surface area (Å²) in [5.74, 6) is -4.55. The summed E-state index contributed by atoms with van der Waals surface area (Å²) in [4.78, 5) is 53.0. The Bertz CT molecular complexity index is 1420. The molecule has 0 radical (unpaired) electrons. The summed E-state index contributed by atoms with van der Waals surface area (Å²) in [5.41, 5.74) is 2.92. The lowest BCUT2D eigenvalue weighted by atomic mass is 9.56. The maximum Gasteiger partial charge on any atom is 0.253 e. The molecule has 3 fully saturated rings. The molecule has 0 unspecified atom stereocenters. The van der Waals surface area contributed by atoms with Crippen LogP contribution in [0.5, 0.6) is 5.75 Å². The number of allylic oxidation sites excluding steroid dienone is 2. The van der Waals surface area contributed by atoms with Gasteiger partial charge in [-0.2, -0.15) is 0 Å². The van der Waals surface area contributed by atoms with Gasteiger partial charge in [0.15, 0.2) is 9.75 Å². The highest BCUT2D eigenvalue weighted by molar-refractivity contribution is 6.53. The highest BCUT2D eigenvalue weighted by Crippen LogP contribution is 2.65. The smallest absolute Gasteiger partial charge is 0.253 e. The number of amides is 4. The number of benzene rings is 2. The Morgan fingerprint density at radius 1 is 0.921 bits per heavy atom. The molecule has 2 heterocycles. The molecule has 2 aromatic carbocycles. The average Bonchev–Trinajstić information content (AvgIpc) is 3.24. The molecule has 4 amide bonds. The number of carbonyl (C=O) groups is 4. The summed E-state index contributed by atoms with van der Waals surface area (Å²) in [6.45, 7) is 2.03. The van der Waals surface area contributed by atoms with Crippen molar-refractivity contribution in [1.29, 1.82) is 0 Å². The number of anilines is 1. The number of fused-ring (bicyclic) bond motifs is 4. The minimum atomic E-state index is -1.83. The Morgan fingerprint density at radius 3 is 2.21 bits per heavy atom. The van der Waals surface area contributed by atoms with Crippen LogP contribution in [-0.2, 0) is 25.6 Å². The highest BCUT2D eigenvalue weighted by atomic mass is 35.5. The van der Waals surface area contributed by atoms with E-state index in [2.05, 4.69) is 0 Å². The fraction of sp³-hybridized carbons (Fsp3) is 0.379. The van der Waals surface area contributed by atoms with Crippen LogP contribution in [0.3, 0.4) is 0 Å². The second-order valence-electron chi connectivity index (χ2n) is 10.6. The normalized spacial score (nSPS) is 34.3. The van der Waals surface area contributed by atoms with Crippen molar-refractivity contribution in [3.63, 3.8) is 0 Å². The molecule has 196 valence electrons. The molecular weight excluding hydrogens is 527 g/mol.